The fourth-order valence-corrected chi connectivity index (χ4v) is 15.2. The van der Waals surface area contributed by atoms with Crippen molar-refractivity contribution in [3.63, 3.8) is 0 Å². The normalized spacial score (nSPS) is 14.1. The van der Waals surface area contributed by atoms with E-state index in [0.29, 0.717) is 25.7 Å². The van der Waals surface area contributed by atoms with Gasteiger partial charge in [0.1, 0.15) is 19.3 Å². The first kappa shape index (κ1) is 105. The predicted octanol–water partition coefficient (Wildman–Crippen LogP) is 26.7. The molecule has 3 unspecified atom stereocenters. The molecule has 6 atom stereocenters. The summed E-state index contributed by atoms with van der Waals surface area (Å²) >= 11 is 0. The Morgan fingerprint density at radius 3 is 0.664 bits per heavy atom. The molecule has 19 heteroatoms. The molecule has 0 amide bonds. The Morgan fingerprint density at radius 2 is 0.449 bits per heavy atom. The van der Waals surface area contributed by atoms with Crippen LogP contribution in [0.15, 0.2) is 0 Å². The number of phosphoric acid groups is 2. The molecule has 0 heterocycles. The molecule has 0 saturated carbocycles. The summed E-state index contributed by atoms with van der Waals surface area (Å²) in [5, 5.41) is 10.7. The van der Waals surface area contributed by atoms with Crippen molar-refractivity contribution >= 4 is 39.5 Å². The minimum absolute atomic E-state index is 0.107. The minimum Gasteiger partial charge on any atom is -0.462 e. The molecular formula is C88H172O17P2. The molecule has 0 rings (SSSR count). The Hall–Kier alpha value is -1.94. The SMILES string of the molecule is CCC(C)CCCCCCCCCCCCCCCCC(=O)OC[C@H](COP(=O)(O)OC[C@@H](O)COP(=O)(O)OC[C@@H](COC(=O)CCCCCCCCCCC(C)C)OC(=O)CCCCCCCCCCCCCCCCC(C)C)OC(=O)CCCCCCCCCCCCCCCCCCCCC(C)C. The van der Waals surface area contributed by atoms with Crippen molar-refractivity contribution < 1.29 is 80.2 Å². The van der Waals surface area contributed by atoms with Gasteiger partial charge in [-0.15, -0.1) is 0 Å². The maximum atomic E-state index is 13.2. The number of phosphoric ester groups is 2. The van der Waals surface area contributed by atoms with Crippen LogP contribution in [0, 0.1) is 23.7 Å². The number of rotatable bonds is 85. The molecule has 0 aliphatic rings. The van der Waals surface area contributed by atoms with Crippen LogP contribution in [0.4, 0.5) is 0 Å². The standard InChI is InChI=1S/C88H172O17P2/c1-9-81(8)67-59-51-43-34-28-22-17-19-23-29-35-44-52-60-68-85(90)98-74-83(104-87(92)70-62-54-46-36-30-24-15-13-11-10-12-14-20-26-32-40-48-56-64-78(2)3)76-102-106(94,95)100-72-82(89)73-101-107(96,97)103-77-84(75-99-86(91)69-61-53-45-39-38-42-50-58-66-80(6)7)105-88(93)71-63-55-47-37-31-25-18-16-21-27-33-41-49-57-65-79(4)5/h78-84,89H,9-77H2,1-8H3,(H,94,95)(H,96,97)/t81?,82-,83-,84-/m1/s1. The molecule has 0 spiro atoms. The smallest absolute Gasteiger partial charge is 0.462 e. The second-order valence-corrected chi connectivity index (χ2v) is 36.2. The van der Waals surface area contributed by atoms with E-state index in [9.17, 15) is 43.2 Å². The zero-order valence-electron chi connectivity index (χ0n) is 70.8. The molecular weight excluding hydrogens is 1390 g/mol. The molecule has 3 N–H and O–H groups in total. The van der Waals surface area contributed by atoms with Crippen molar-refractivity contribution in [2.24, 2.45) is 23.7 Å². The van der Waals surface area contributed by atoms with Crippen molar-refractivity contribution in [3.8, 4) is 0 Å². The molecule has 17 nitrogen and oxygen atoms in total. The molecule has 0 bridgehead atoms. The van der Waals surface area contributed by atoms with Crippen molar-refractivity contribution in [1.82, 2.24) is 0 Å². The van der Waals surface area contributed by atoms with Gasteiger partial charge in [-0.2, -0.15) is 0 Å². The van der Waals surface area contributed by atoms with Gasteiger partial charge in [-0.25, -0.2) is 9.13 Å². The van der Waals surface area contributed by atoms with Crippen molar-refractivity contribution in [2.75, 3.05) is 39.6 Å². The maximum absolute atomic E-state index is 13.2. The van der Waals surface area contributed by atoms with Crippen molar-refractivity contribution in [1.29, 1.82) is 0 Å². The quantitative estimate of drug-likeness (QED) is 0.0222. The van der Waals surface area contributed by atoms with E-state index in [-0.39, 0.29) is 25.7 Å². The summed E-state index contributed by atoms with van der Waals surface area (Å²) in [6.07, 6.45) is 66.6. The van der Waals surface area contributed by atoms with Gasteiger partial charge in [0, 0.05) is 25.7 Å². The van der Waals surface area contributed by atoms with E-state index in [4.69, 9.17) is 37.0 Å². The third-order valence-corrected chi connectivity index (χ3v) is 22.8. The van der Waals surface area contributed by atoms with Crippen molar-refractivity contribution in [2.45, 2.75) is 478 Å². The third-order valence-electron chi connectivity index (χ3n) is 20.9. The summed E-state index contributed by atoms with van der Waals surface area (Å²) in [6, 6.07) is 0. The lowest BCUT2D eigenvalue weighted by molar-refractivity contribution is -0.161. The summed E-state index contributed by atoms with van der Waals surface area (Å²) in [5.74, 6) is 1.09. The number of ether oxygens (including phenoxy) is 4. The van der Waals surface area contributed by atoms with E-state index in [1.807, 2.05) is 0 Å². The van der Waals surface area contributed by atoms with E-state index < -0.39 is 97.5 Å². The van der Waals surface area contributed by atoms with Crippen LogP contribution in [-0.2, 0) is 65.4 Å². The summed E-state index contributed by atoms with van der Waals surface area (Å²) in [5.41, 5.74) is 0. The Kier molecular flexibility index (Phi) is 75.3. The van der Waals surface area contributed by atoms with Crippen molar-refractivity contribution in [3.05, 3.63) is 0 Å². The fourth-order valence-electron chi connectivity index (χ4n) is 13.6. The Bertz CT molecular complexity index is 2080. The van der Waals surface area contributed by atoms with Crippen LogP contribution < -0.4 is 0 Å². The first-order chi connectivity index (χ1) is 51.6. The van der Waals surface area contributed by atoms with Gasteiger partial charge in [-0.1, -0.05) is 409 Å². The van der Waals surface area contributed by atoms with E-state index in [1.54, 1.807) is 0 Å². The van der Waals surface area contributed by atoms with Gasteiger partial charge in [0.05, 0.1) is 26.4 Å². The highest BCUT2D eigenvalue weighted by molar-refractivity contribution is 7.47. The van der Waals surface area contributed by atoms with Gasteiger partial charge in [0.15, 0.2) is 12.2 Å². The number of aliphatic hydroxyl groups is 1. The first-order valence-corrected chi connectivity index (χ1v) is 48.2. The molecule has 0 radical (unpaired) electrons. The number of hydrogen-bond acceptors (Lipinski definition) is 15. The molecule has 0 aliphatic carbocycles. The predicted molar refractivity (Wildman–Crippen MR) is 441 cm³/mol. The van der Waals surface area contributed by atoms with Crippen LogP contribution in [-0.4, -0.2) is 96.7 Å². The van der Waals surface area contributed by atoms with E-state index in [2.05, 4.69) is 55.4 Å². The lowest BCUT2D eigenvalue weighted by Gasteiger charge is -2.21. The lowest BCUT2D eigenvalue weighted by Crippen LogP contribution is -2.30. The van der Waals surface area contributed by atoms with Gasteiger partial charge >= 0.3 is 39.5 Å². The highest BCUT2D eigenvalue weighted by Gasteiger charge is 2.31. The van der Waals surface area contributed by atoms with Gasteiger partial charge in [-0.3, -0.25) is 37.3 Å². The zero-order valence-corrected chi connectivity index (χ0v) is 72.6. The van der Waals surface area contributed by atoms with Crippen LogP contribution in [0.25, 0.3) is 0 Å². The summed E-state index contributed by atoms with van der Waals surface area (Å²) in [6.45, 7) is 14.4. The highest BCUT2D eigenvalue weighted by Crippen LogP contribution is 2.45. The van der Waals surface area contributed by atoms with Gasteiger partial charge in [0.2, 0.25) is 0 Å². The Morgan fingerprint density at radius 1 is 0.262 bits per heavy atom. The maximum Gasteiger partial charge on any atom is 0.472 e. The largest absolute Gasteiger partial charge is 0.472 e. The van der Waals surface area contributed by atoms with E-state index in [1.165, 1.54) is 263 Å². The van der Waals surface area contributed by atoms with Gasteiger partial charge in [-0.05, 0) is 49.4 Å². The van der Waals surface area contributed by atoms with Crippen LogP contribution >= 0.6 is 15.6 Å². The summed E-state index contributed by atoms with van der Waals surface area (Å²) in [4.78, 5) is 73.3. The monoisotopic (exact) mass is 1560 g/mol. The number of unbranched alkanes of at least 4 members (excludes halogenated alkanes) is 50. The van der Waals surface area contributed by atoms with E-state index >= 15 is 0 Å². The topological polar surface area (TPSA) is 237 Å². The molecule has 107 heavy (non-hydrogen) atoms. The summed E-state index contributed by atoms with van der Waals surface area (Å²) in [7, 11) is -9.93. The second-order valence-electron chi connectivity index (χ2n) is 33.3. The molecule has 636 valence electrons. The Labute approximate surface area is 658 Å². The first-order valence-electron chi connectivity index (χ1n) is 45.2. The van der Waals surface area contributed by atoms with Crippen LogP contribution in [0.1, 0.15) is 460 Å². The zero-order chi connectivity index (χ0) is 78.8. The molecule has 0 aromatic heterocycles. The van der Waals surface area contributed by atoms with Crippen LogP contribution in [0.3, 0.4) is 0 Å². The average molecular weight is 1560 g/mol. The van der Waals surface area contributed by atoms with Gasteiger partial charge in [0.25, 0.3) is 0 Å². The molecule has 0 aromatic rings. The fraction of sp³-hybridized carbons (Fsp3) is 0.955. The number of aliphatic hydroxyl groups excluding tert-OH is 1. The van der Waals surface area contributed by atoms with Crippen LogP contribution in [0.2, 0.25) is 0 Å². The molecule has 0 aliphatic heterocycles. The molecule has 0 fully saturated rings. The molecule has 0 aromatic carbocycles. The highest BCUT2D eigenvalue weighted by atomic mass is 31.2. The molecule has 0 saturated heterocycles. The average Bonchev–Trinajstić information content (AvgIpc) is 0.913. The van der Waals surface area contributed by atoms with E-state index in [0.717, 1.165) is 114 Å². The summed E-state index contributed by atoms with van der Waals surface area (Å²) < 4.78 is 69.0. The number of carbonyl (C=O) groups excluding carboxylic acids is 4. The van der Waals surface area contributed by atoms with Gasteiger partial charge < -0.3 is 33.8 Å². The Balaban J connectivity index is 5.25. The number of hydrogen-bond donors (Lipinski definition) is 3. The minimum atomic E-state index is -4.97. The number of esters is 4. The third kappa shape index (κ3) is 80.5. The second kappa shape index (κ2) is 76.7. The number of carbonyl (C=O) groups is 4. The lowest BCUT2D eigenvalue weighted by atomic mass is 9.99. The van der Waals surface area contributed by atoms with Crippen LogP contribution in [0.5, 0.6) is 0 Å².